The second kappa shape index (κ2) is 5.98. The summed E-state index contributed by atoms with van der Waals surface area (Å²) in [5.74, 6) is 5.23. The van der Waals surface area contributed by atoms with E-state index in [2.05, 4.69) is 35.5 Å². The zero-order valence-electron chi connectivity index (χ0n) is 12.7. The lowest BCUT2D eigenvalue weighted by atomic mass is 9.98. The Morgan fingerprint density at radius 3 is 2.45 bits per heavy atom. The fourth-order valence-electron chi connectivity index (χ4n) is 3.11. The van der Waals surface area contributed by atoms with Crippen molar-refractivity contribution in [2.45, 2.75) is 51.9 Å². The first-order valence-electron chi connectivity index (χ1n) is 8.13. The molecule has 1 heterocycles. The predicted molar refractivity (Wildman–Crippen MR) is 83.2 cm³/mol. The normalized spacial score (nSPS) is 25.7. The summed E-state index contributed by atoms with van der Waals surface area (Å²) in [6.07, 6.45) is 6.61. The van der Waals surface area contributed by atoms with Gasteiger partial charge in [0.25, 0.3) is 0 Å². The highest BCUT2D eigenvalue weighted by Gasteiger charge is 2.28. The lowest BCUT2D eigenvalue weighted by Gasteiger charge is -2.17. The monoisotopic (exact) mass is 274 g/mol. The number of rotatable bonds is 6. The molecule has 20 heavy (non-hydrogen) atoms. The van der Waals surface area contributed by atoms with Gasteiger partial charge in [0.15, 0.2) is 0 Å². The third-order valence-corrected chi connectivity index (χ3v) is 4.63. The maximum absolute atomic E-state index is 4.70. The van der Waals surface area contributed by atoms with Gasteiger partial charge in [-0.15, -0.1) is 0 Å². The molecule has 0 aliphatic heterocycles. The van der Waals surface area contributed by atoms with E-state index < -0.39 is 0 Å². The molecule has 2 fully saturated rings. The Kier molecular flexibility index (Phi) is 4.08. The van der Waals surface area contributed by atoms with Crippen LogP contribution in [0.3, 0.4) is 0 Å². The van der Waals surface area contributed by atoms with E-state index in [1.807, 2.05) is 0 Å². The second-order valence-electron chi connectivity index (χ2n) is 6.35. The molecule has 0 amide bonds. The molecule has 2 unspecified atom stereocenters. The zero-order valence-corrected chi connectivity index (χ0v) is 12.7. The Hall–Kier alpha value is -1.32. The van der Waals surface area contributed by atoms with Gasteiger partial charge in [-0.05, 0) is 38.0 Å². The summed E-state index contributed by atoms with van der Waals surface area (Å²) in [4.78, 5) is 9.32. The number of anilines is 2. The largest absolute Gasteiger partial charge is 0.370 e. The molecule has 4 nitrogen and oxygen atoms in total. The summed E-state index contributed by atoms with van der Waals surface area (Å²) in [6, 6.07) is 2.05. The van der Waals surface area contributed by atoms with E-state index in [0.29, 0.717) is 5.92 Å². The van der Waals surface area contributed by atoms with E-state index in [1.54, 1.807) is 0 Å². The summed E-state index contributed by atoms with van der Waals surface area (Å²) in [5, 5.41) is 6.86. The summed E-state index contributed by atoms with van der Waals surface area (Å²) >= 11 is 0. The highest BCUT2D eigenvalue weighted by atomic mass is 15.1. The van der Waals surface area contributed by atoms with Crippen molar-refractivity contribution < 1.29 is 0 Å². The lowest BCUT2D eigenvalue weighted by molar-refractivity contribution is 0.439. The van der Waals surface area contributed by atoms with Crippen molar-refractivity contribution in [2.24, 2.45) is 11.8 Å². The van der Waals surface area contributed by atoms with Crippen LogP contribution in [-0.2, 0) is 0 Å². The van der Waals surface area contributed by atoms with Crippen molar-refractivity contribution in [3.63, 3.8) is 0 Å². The Balaban J connectivity index is 1.67. The first-order chi connectivity index (χ1) is 9.76. The molecular weight excluding hydrogens is 248 g/mol. The smallest absolute Gasteiger partial charge is 0.136 e. The average molecular weight is 274 g/mol. The van der Waals surface area contributed by atoms with E-state index in [0.717, 1.165) is 42.4 Å². The molecule has 1 aromatic heterocycles. The first kappa shape index (κ1) is 13.7. The molecule has 2 aliphatic carbocycles. The van der Waals surface area contributed by atoms with E-state index in [1.165, 1.54) is 32.1 Å². The quantitative estimate of drug-likeness (QED) is 0.831. The molecule has 2 atom stereocenters. The predicted octanol–water partition coefficient (Wildman–Crippen LogP) is 3.63. The third kappa shape index (κ3) is 3.22. The lowest BCUT2D eigenvalue weighted by Crippen LogP contribution is -2.17. The SMILES string of the molecule is CCNc1cc(NCC2CCCC2C)nc(C2CC2)n1. The first-order valence-corrected chi connectivity index (χ1v) is 8.13. The van der Waals surface area contributed by atoms with Crippen molar-refractivity contribution >= 4 is 11.6 Å². The van der Waals surface area contributed by atoms with Gasteiger partial charge in [0, 0.05) is 25.1 Å². The van der Waals surface area contributed by atoms with Gasteiger partial charge in [-0.25, -0.2) is 9.97 Å². The molecule has 0 bridgehead atoms. The minimum absolute atomic E-state index is 0.597. The van der Waals surface area contributed by atoms with Crippen LogP contribution in [0.2, 0.25) is 0 Å². The Morgan fingerprint density at radius 2 is 1.85 bits per heavy atom. The topological polar surface area (TPSA) is 49.8 Å². The van der Waals surface area contributed by atoms with Crippen LogP contribution in [0.1, 0.15) is 57.7 Å². The van der Waals surface area contributed by atoms with Gasteiger partial charge in [-0.1, -0.05) is 19.8 Å². The number of aromatic nitrogens is 2. The van der Waals surface area contributed by atoms with Crippen molar-refractivity contribution in [2.75, 3.05) is 23.7 Å². The molecule has 110 valence electrons. The van der Waals surface area contributed by atoms with Gasteiger partial charge in [0.05, 0.1) is 0 Å². The minimum atomic E-state index is 0.597. The third-order valence-electron chi connectivity index (χ3n) is 4.63. The number of nitrogens with zero attached hydrogens (tertiary/aromatic N) is 2. The summed E-state index contributed by atoms with van der Waals surface area (Å²) in [5.41, 5.74) is 0. The molecule has 0 spiro atoms. The van der Waals surface area contributed by atoms with Crippen LogP contribution in [0.5, 0.6) is 0 Å². The van der Waals surface area contributed by atoms with Crippen LogP contribution >= 0.6 is 0 Å². The van der Waals surface area contributed by atoms with Crippen molar-refractivity contribution in [1.82, 2.24) is 9.97 Å². The van der Waals surface area contributed by atoms with Crippen molar-refractivity contribution in [3.8, 4) is 0 Å². The summed E-state index contributed by atoms with van der Waals surface area (Å²) in [7, 11) is 0. The van der Waals surface area contributed by atoms with Crippen molar-refractivity contribution in [1.29, 1.82) is 0 Å². The van der Waals surface area contributed by atoms with Crippen LogP contribution < -0.4 is 10.6 Å². The highest BCUT2D eigenvalue weighted by Crippen LogP contribution is 2.39. The van der Waals surface area contributed by atoms with E-state index in [9.17, 15) is 0 Å². The van der Waals surface area contributed by atoms with E-state index in [4.69, 9.17) is 4.98 Å². The van der Waals surface area contributed by atoms with Crippen LogP contribution in [0.25, 0.3) is 0 Å². The Labute approximate surface area is 121 Å². The fraction of sp³-hybridized carbons (Fsp3) is 0.750. The molecule has 2 N–H and O–H groups in total. The Morgan fingerprint density at radius 1 is 1.10 bits per heavy atom. The molecule has 4 heteroatoms. The average Bonchev–Trinajstić information content (AvgIpc) is 3.21. The zero-order chi connectivity index (χ0) is 13.9. The number of hydrogen-bond donors (Lipinski definition) is 2. The van der Waals surface area contributed by atoms with Gasteiger partial charge in [-0.3, -0.25) is 0 Å². The molecule has 1 aromatic rings. The van der Waals surface area contributed by atoms with Crippen LogP contribution in [-0.4, -0.2) is 23.1 Å². The highest BCUT2D eigenvalue weighted by molar-refractivity contribution is 5.48. The molecule has 0 saturated heterocycles. The maximum atomic E-state index is 4.70. The minimum Gasteiger partial charge on any atom is -0.370 e. The molecule has 3 rings (SSSR count). The molecule has 2 aliphatic rings. The van der Waals surface area contributed by atoms with Gasteiger partial charge in [-0.2, -0.15) is 0 Å². The molecular formula is C16H26N4. The van der Waals surface area contributed by atoms with Gasteiger partial charge in [0.1, 0.15) is 17.5 Å². The van der Waals surface area contributed by atoms with E-state index in [-0.39, 0.29) is 0 Å². The molecule has 0 radical (unpaired) electrons. The fourth-order valence-corrected chi connectivity index (χ4v) is 3.11. The number of hydrogen-bond acceptors (Lipinski definition) is 4. The molecule has 0 aromatic carbocycles. The van der Waals surface area contributed by atoms with Crippen LogP contribution in [0.15, 0.2) is 6.07 Å². The maximum Gasteiger partial charge on any atom is 0.136 e. The number of nitrogens with one attached hydrogen (secondary N) is 2. The standard InChI is InChI=1S/C16H26N4/c1-3-17-14-9-15(20-16(19-14)12-7-8-12)18-10-13-6-4-5-11(13)2/h9,11-13H,3-8,10H2,1-2H3,(H2,17,18,19,20). The van der Waals surface area contributed by atoms with Crippen molar-refractivity contribution in [3.05, 3.63) is 11.9 Å². The van der Waals surface area contributed by atoms with E-state index >= 15 is 0 Å². The van der Waals surface area contributed by atoms with Crippen LogP contribution in [0.4, 0.5) is 11.6 Å². The molecule has 2 saturated carbocycles. The van der Waals surface area contributed by atoms with Gasteiger partial charge >= 0.3 is 0 Å². The summed E-state index contributed by atoms with van der Waals surface area (Å²) < 4.78 is 0. The van der Waals surface area contributed by atoms with Crippen LogP contribution in [0, 0.1) is 11.8 Å². The van der Waals surface area contributed by atoms with Gasteiger partial charge < -0.3 is 10.6 Å². The Bertz CT molecular complexity index is 456. The second-order valence-corrected chi connectivity index (χ2v) is 6.35. The summed E-state index contributed by atoms with van der Waals surface area (Å²) in [6.45, 7) is 6.43. The van der Waals surface area contributed by atoms with Gasteiger partial charge in [0.2, 0.25) is 0 Å².